The molecule has 1 aliphatic rings. The van der Waals surface area contributed by atoms with Crippen LogP contribution in [-0.4, -0.2) is 11.9 Å². The molecule has 20 heavy (non-hydrogen) atoms. The first kappa shape index (κ1) is 15.3. The molecule has 0 aromatic heterocycles. The van der Waals surface area contributed by atoms with E-state index in [9.17, 15) is 4.79 Å². The molecule has 1 amide bonds. The zero-order valence-corrected chi connectivity index (χ0v) is 12.7. The van der Waals surface area contributed by atoms with E-state index >= 15 is 0 Å². The molecule has 0 spiro atoms. The van der Waals surface area contributed by atoms with Crippen LogP contribution in [0.15, 0.2) is 24.3 Å². The largest absolute Gasteiger partial charge is 0.349 e. The number of hydrogen-bond donors (Lipinski definition) is 2. The van der Waals surface area contributed by atoms with E-state index in [2.05, 4.69) is 5.32 Å². The average molecular weight is 295 g/mol. The van der Waals surface area contributed by atoms with Crippen molar-refractivity contribution < 1.29 is 4.79 Å². The number of carbonyl (C=O) groups is 1. The topological polar surface area (TPSA) is 55.1 Å². The second-order valence-corrected chi connectivity index (χ2v) is 6.13. The fourth-order valence-corrected chi connectivity index (χ4v) is 3.04. The van der Waals surface area contributed by atoms with Crippen LogP contribution in [0.1, 0.15) is 50.6 Å². The summed E-state index contributed by atoms with van der Waals surface area (Å²) in [7, 11) is 0. The second-order valence-electron chi connectivity index (χ2n) is 5.69. The predicted octanol–water partition coefficient (Wildman–Crippen LogP) is 3.42. The zero-order valence-electron chi connectivity index (χ0n) is 11.9. The van der Waals surface area contributed by atoms with E-state index in [4.69, 9.17) is 17.3 Å². The Morgan fingerprint density at radius 2 is 2.10 bits per heavy atom. The Morgan fingerprint density at radius 1 is 1.35 bits per heavy atom. The van der Waals surface area contributed by atoms with Crippen LogP contribution < -0.4 is 11.1 Å². The Morgan fingerprint density at radius 3 is 2.85 bits per heavy atom. The lowest BCUT2D eigenvalue weighted by Crippen LogP contribution is -2.42. The van der Waals surface area contributed by atoms with Gasteiger partial charge in [0, 0.05) is 11.1 Å². The molecule has 3 N–H and O–H groups in total. The molecule has 1 fully saturated rings. The van der Waals surface area contributed by atoms with E-state index < -0.39 is 0 Å². The van der Waals surface area contributed by atoms with Crippen molar-refractivity contribution in [2.45, 2.75) is 51.1 Å². The first-order valence-electron chi connectivity index (χ1n) is 7.39. The van der Waals surface area contributed by atoms with Gasteiger partial charge in [0.1, 0.15) is 0 Å². The van der Waals surface area contributed by atoms with Crippen LogP contribution in [0.4, 0.5) is 0 Å². The van der Waals surface area contributed by atoms with E-state index in [1.807, 2.05) is 31.2 Å². The number of halogens is 1. The van der Waals surface area contributed by atoms with Gasteiger partial charge in [0.15, 0.2) is 0 Å². The van der Waals surface area contributed by atoms with Crippen LogP contribution in [-0.2, 0) is 4.79 Å². The van der Waals surface area contributed by atoms with Gasteiger partial charge in [-0.2, -0.15) is 0 Å². The van der Waals surface area contributed by atoms with E-state index in [1.54, 1.807) is 0 Å². The molecular weight excluding hydrogens is 272 g/mol. The Kier molecular flexibility index (Phi) is 5.44. The summed E-state index contributed by atoms with van der Waals surface area (Å²) >= 11 is 5.99. The maximum Gasteiger partial charge on any atom is 0.225 e. The minimum Gasteiger partial charge on any atom is -0.349 e. The third kappa shape index (κ3) is 3.97. The molecule has 2 rings (SSSR count). The van der Waals surface area contributed by atoms with Crippen molar-refractivity contribution in [2.24, 2.45) is 11.7 Å². The van der Waals surface area contributed by atoms with Crippen molar-refractivity contribution in [1.82, 2.24) is 5.32 Å². The Labute approximate surface area is 125 Å². The lowest BCUT2D eigenvalue weighted by Gasteiger charge is -2.23. The van der Waals surface area contributed by atoms with Gasteiger partial charge >= 0.3 is 0 Å². The molecule has 1 aromatic rings. The maximum atomic E-state index is 12.4. The molecule has 3 atom stereocenters. The van der Waals surface area contributed by atoms with Gasteiger partial charge < -0.3 is 11.1 Å². The van der Waals surface area contributed by atoms with Gasteiger partial charge in [-0.15, -0.1) is 0 Å². The normalized spacial score (nSPS) is 24.8. The van der Waals surface area contributed by atoms with Crippen molar-refractivity contribution in [3.05, 3.63) is 34.9 Å². The van der Waals surface area contributed by atoms with Gasteiger partial charge in [0.05, 0.1) is 12.0 Å². The summed E-state index contributed by atoms with van der Waals surface area (Å²) < 4.78 is 0. The summed E-state index contributed by atoms with van der Waals surface area (Å²) in [6.07, 6.45) is 5.26. The molecule has 3 nitrogen and oxygen atoms in total. The van der Waals surface area contributed by atoms with Gasteiger partial charge in [-0.1, -0.05) is 43.0 Å². The van der Waals surface area contributed by atoms with E-state index in [1.165, 1.54) is 6.42 Å². The molecule has 1 aromatic carbocycles. The summed E-state index contributed by atoms with van der Waals surface area (Å²) in [5.74, 6) is 0.0195. The fourth-order valence-electron chi connectivity index (χ4n) is 2.84. The van der Waals surface area contributed by atoms with Gasteiger partial charge in [0.25, 0.3) is 0 Å². The summed E-state index contributed by atoms with van der Waals surface area (Å²) in [6.45, 7) is 1.98. The number of carbonyl (C=O) groups excluding carboxylic acids is 1. The number of amides is 1. The first-order chi connectivity index (χ1) is 9.58. The quantitative estimate of drug-likeness (QED) is 0.839. The third-order valence-corrected chi connectivity index (χ3v) is 4.35. The number of nitrogens with one attached hydrogen (secondary N) is 1. The van der Waals surface area contributed by atoms with Gasteiger partial charge in [0.2, 0.25) is 5.91 Å². The Bertz CT molecular complexity index is 464. The maximum absolute atomic E-state index is 12.4. The van der Waals surface area contributed by atoms with Crippen molar-refractivity contribution in [3.63, 3.8) is 0 Å². The lowest BCUT2D eigenvalue weighted by atomic mass is 9.94. The SMILES string of the molecule is CC(NC(=O)C1CCCCCC1N)c1cccc(Cl)c1. The van der Waals surface area contributed by atoms with Gasteiger partial charge in [-0.3, -0.25) is 4.79 Å². The van der Waals surface area contributed by atoms with Crippen molar-refractivity contribution in [1.29, 1.82) is 0 Å². The summed E-state index contributed by atoms with van der Waals surface area (Å²) in [5, 5.41) is 3.76. The summed E-state index contributed by atoms with van der Waals surface area (Å²) in [4.78, 5) is 12.4. The standard InChI is InChI=1S/C16H23ClN2O/c1-11(12-6-5-7-13(17)10-12)19-16(20)14-8-3-2-4-9-15(14)18/h5-7,10-11,14-15H,2-4,8-9,18H2,1H3,(H,19,20). The summed E-state index contributed by atoms with van der Waals surface area (Å²) in [6, 6.07) is 7.54. The Balaban J connectivity index is 1.99. The number of benzene rings is 1. The van der Waals surface area contributed by atoms with Crippen molar-refractivity contribution in [2.75, 3.05) is 0 Å². The highest BCUT2D eigenvalue weighted by molar-refractivity contribution is 6.30. The smallest absolute Gasteiger partial charge is 0.225 e. The minimum atomic E-state index is -0.0564. The molecule has 0 radical (unpaired) electrons. The average Bonchev–Trinajstić information content (AvgIpc) is 2.63. The zero-order chi connectivity index (χ0) is 14.5. The highest BCUT2D eigenvalue weighted by Crippen LogP contribution is 2.24. The molecule has 4 heteroatoms. The third-order valence-electron chi connectivity index (χ3n) is 4.11. The number of hydrogen-bond acceptors (Lipinski definition) is 2. The van der Waals surface area contributed by atoms with Crippen LogP contribution in [0.3, 0.4) is 0 Å². The lowest BCUT2D eigenvalue weighted by molar-refractivity contribution is -0.126. The molecule has 1 saturated carbocycles. The van der Waals surface area contributed by atoms with Gasteiger partial charge in [-0.25, -0.2) is 0 Å². The van der Waals surface area contributed by atoms with Crippen LogP contribution in [0.2, 0.25) is 5.02 Å². The monoisotopic (exact) mass is 294 g/mol. The van der Waals surface area contributed by atoms with Crippen LogP contribution in [0.5, 0.6) is 0 Å². The summed E-state index contributed by atoms with van der Waals surface area (Å²) in [5.41, 5.74) is 7.16. The van der Waals surface area contributed by atoms with Crippen molar-refractivity contribution >= 4 is 17.5 Å². The minimum absolute atomic E-state index is 0.0101. The number of rotatable bonds is 3. The van der Waals surface area contributed by atoms with Crippen molar-refractivity contribution in [3.8, 4) is 0 Å². The second kappa shape index (κ2) is 7.09. The predicted molar refractivity (Wildman–Crippen MR) is 82.6 cm³/mol. The van der Waals surface area contributed by atoms with Crippen LogP contribution >= 0.6 is 11.6 Å². The van der Waals surface area contributed by atoms with Crippen LogP contribution in [0.25, 0.3) is 0 Å². The molecule has 1 aliphatic carbocycles. The fraction of sp³-hybridized carbons (Fsp3) is 0.562. The highest BCUT2D eigenvalue weighted by Gasteiger charge is 2.27. The molecular formula is C16H23ClN2O. The molecule has 0 saturated heterocycles. The molecule has 0 bridgehead atoms. The van der Waals surface area contributed by atoms with E-state index in [0.717, 1.165) is 31.2 Å². The van der Waals surface area contributed by atoms with Gasteiger partial charge in [-0.05, 0) is 37.5 Å². The Hall–Kier alpha value is -1.06. The van der Waals surface area contributed by atoms with Crippen LogP contribution in [0, 0.1) is 5.92 Å². The molecule has 0 heterocycles. The van der Waals surface area contributed by atoms with E-state index in [0.29, 0.717) is 5.02 Å². The van der Waals surface area contributed by atoms with E-state index in [-0.39, 0.29) is 23.9 Å². The highest BCUT2D eigenvalue weighted by atomic mass is 35.5. The molecule has 0 aliphatic heterocycles. The number of nitrogens with two attached hydrogens (primary N) is 1. The molecule has 3 unspecified atom stereocenters. The first-order valence-corrected chi connectivity index (χ1v) is 7.77. The molecule has 110 valence electrons.